The minimum Gasteiger partial charge on any atom is -0.351 e. The first-order valence-corrected chi connectivity index (χ1v) is 6.21. The van der Waals surface area contributed by atoms with Crippen LogP contribution in [0.4, 0.5) is 4.39 Å². The minimum absolute atomic E-state index is 0.151. The summed E-state index contributed by atoms with van der Waals surface area (Å²) in [7, 11) is 0. The SMILES string of the molecule is CC(c1ccc(F)cc1)N1C=c2cnccc2=NC1. The van der Waals surface area contributed by atoms with Crippen molar-refractivity contribution in [3.05, 3.63) is 64.7 Å². The maximum Gasteiger partial charge on any atom is 0.123 e. The average Bonchev–Trinajstić information content (AvgIpc) is 2.47. The maximum atomic E-state index is 12.9. The molecule has 0 saturated carbocycles. The number of benzene rings is 1. The van der Waals surface area contributed by atoms with Gasteiger partial charge in [-0.1, -0.05) is 12.1 Å². The molecule has 2 aromatic rings. The van der Waals surface area contributed by atoms with Crippen LogP contribution in [0.25, 0.3) is 6.20 Å². The third-order valence-corrected chi connectivity index (χ3v) is 3.39. The van der Waals surface area contributed by atoms with Crippen molar-refractivity contribution >= 4 is 6.20 Å². The van der Waals surface area contributed by atoms with Gasteiger partial charge in [0.15, 0.2) is 0 Å². The van der Waals surface area contributed by atoms with E-state index in [0.717, 1.165) is 16.1 Å². The van der Waals surface area contributed by atoms with E-state index in [2.05, 4.69) is 28.0 Å². The standard InChI is InChI=1S/C15H14FN3/c1-11(12-2-4-14(16)5-3-12)19-9-13-8-17-7-6-15(13)18-10-19/h2-9,11H,10H2,1H3. The lowest BCUT2D eigenvalue weighted by atomic mass is 10.1. The molecule has 1 aromatic carbocycles. The smallest absolute Gasteiger partial charge is 0.123 e. The summed E-state index contributed by atoms with van der Waals surface area (Å²) >= 11 is 0. The lowest BCUT2D eigenvalue weighted by Gasteiger charge is -2.28. The van der Waals surface area contributed by atoms with Gasteiger partial charge in [0.25, 0.3) is 0 Å². The van der Waals surface area contributed by atoms with Crippen LogP contribution in [0.2, 0.25) is 0 Å². The summed E-state index contributed by atoms with van der Waals surface area (Å²) in [6, 6.07) is 8.66. The Bertz CT molecular complexity index is 694. The number of aromatic nitrogens is 1. The Hall–Kier alpha value is -2.23. The Labute approximate surface area is 110 Å². The van der Waals surface area contributed by atoms with Gasteiger partial charge in [-0.05, 0) is 30.7 Å². The molecule has 1 aromatic heterocycles. The molecule has 1 atom stereocenters. The number of fused-ring (bicyclic) bond motifs is 1. The number of halogens is 1. The topological polar surface area (TPSA) is 28.5 Å². The summed E-state index contributed by atoms with van der Waals surface area (Å²) in [5.41, 5.74) is 1.07. The molecule has 3 nitrogen and oxygen atoms in total. The van der Waals surface area contributed by atoms with E-state index in [1.54, 1.807) is 6.20 Å². The highest BCUT2D eigenvalue weighted by Crippen LogP contribution is 2.20. The summed E-state index contributed by atoms with van der Waals surface area (Å²) in [6.07, 6.45) is 5.61. The quantitative estimate of drug-likeness (QED) is 0.815. The van der Waals surface area contributed by atoms with Crippen molar-refractivity contribution in [2.45, 2.75) is 13.0 Å². The molecular weight excluding hydrogens is 241 g/mol. The minimum atomic E-state index is -0.210. The Morgan fingerprint density at radius 1 is 1.21 bits per heavy atom. The van der Waals surface area contributed by atoms with Gasteiger partial charge < -0.3 is 4.90 Å². The van der Waals surface area contributed by atoms with Crippen LogP contribution in [0, 0.1) is 5.82 Å². The number of nitrogens with zero attached hydrogens (tertiary/aromatic N) is 3. The predicted octanol–water partition coefficient (Wildman–Crippen LogP) is 1.61. The molecule has 0 N–H and O–H groups in total. The fourth-order valence-electron chi connectivity index (χ4n) is 2.19. The Kier molecular flexibility index (Phi) is 2.99. The van der Waals surface area contributed by atoms with E-state index in [4.69, 9.17) is 0 Å². The van der Waals surface area contributed by atoms with Gasteiger partial charge in [-0.2, -0.15) is 0 Å². The molecule has 19 heavy (non-hydrogen) atoms. The van der Waals surface area contributed by atoms with Gasteiger partial charge in [0.2, 0.25) is 0 Å². The Balaban J connectivity index is 1.92. The lowest BCUT2D eigenvalue weighted by molar-refractivity contribution is 0.331. The molecule has 0 saturated heterocycles. The monoisotopic (exact) mass is 255 g/mol. The molecule has 1 aliphatic heterocycles. The van der Waals surface area contributed by atoms with E-state index in [9.17, 15) is 4.39 Å². The van der Waals surface area contributed by atoms with Crippen LogP contribution in [0.5, 0.6) is 0 Å². The maximum absolute atomic E-state index is 12.9. The molecule has 0 radical (unpaired) electrons. The fourth-order valence-corrected chi connectivity index (χ4v) is 2.19. The van der Waals surface area contributed by atoms with Crippen molar-refractivity contribution < 1.29 is 4.39 Å². The van der Waals surface area contributed by atoms with Crippen LogP contribution in [0.3, 0.4) is 0 Å². The van der Waals surface area contributed by atoms with Crippen LogP contribution in [-0.4, -0.2) is 16.6 Å². The predicted molar refractivity (Wildman–Crippen MR) is 71.0 cm³/mol. The molecule has 1 unspecified atom stereocenters. The lowest BCUT2D eigenvalue weighted by Crippen LogP contribution is -2.37. The Morgan fingerprint density at radius 2 is 2.00 bits per heavy atom. The van der Waals surface area contributed by atoms with Crippen molar-refractivity contribution in [2.24, 2.45) is 4.99 Å². The molecule has 0 bridgehead atoms. The molecule has 0 amide bonds. The normalized spacial score (nSPS) is 15.2. The van der Waals surface area contributed by atoms with Gasteiger partial charge in [0.1, 0.15) is 12.5 Å². The molecule has 1 aliphatic rings. The summed E-state index contributed by atoms with van der Waals surface area (Å²) in [5, 5.41) is 1.99. The highest BCUT2D eigenvalue weighted by Gasteiger charge is 2.14. The molecule has 0 aliphatic carbocycles. The molecule has 2 heterocycles. The number of hydrogen-bond acceptors (Lipinski definition) is 3. The fraction of sp³-hybridized carbons (Fsp3) is 0.200. The molecule has 96 valence electrons. The summed E-state index contributed by atoms with van der Waals surface area (Å²) < 4.78 is 12.9. The second kappa shape index (κ2) is 4.80. The summed E-state index contributed by atoms with van der Waals surface area (Å²) in [5.74, 6) is -0.210. The molecule has 0 spiro atoms. The van der Waals surface area contributed by atoms with Crippen LogP contribution in [-0.2, 0) is 0 Å². The average molecular weight is 255 g/mol. The first-order chi connectivity index (χ1) is 9.24. The van der Waals surface area contributed by atoms with Crippen molar-refractivity contribution in [3.8, 4) is 0 Å². The third-order valence-electron chi connectivity index (χ3n) is 3.39. The van der Waals surface area contributed by atoms with Gasteiger partial charge in [0.05, 0.1) is 11.4 Å². The first-order valence-electron chi connectivity index (χ1n) is 6.21. The highest BCUT2D eigenvalue weighted by atomic mass is 19.1. The van der Waals surface area contributed by atoms with E-state index < -0.39 is 0 Å². The van der Waals surface area contributed by atoms with E-state index in [1.165, 1.54) is 12.1 Å². The van der Waals surface area contributed by atoms with Crippen molar-refractivity contribution in [3.63, 3.8) is 0 Å². The van der Waals surface area contributed by atoms with Gasteiger partial charge in [-0.25, -0.2) is 4.39 Å². The summed E-state index contributed by atoms with van der Waals surface area (Å²) in [6.45, 7) is 2.69. The van der Waals surface area contributed by atoms with Crippen molar-refractivity contribution in [1.29, 1.82) is 0 Å². The molecular formula is C15H14FN3. The second-order valence-electron chi connectivity index (χ2n) is 4.60. The van der Waals surface area contributed by atoms with Crippen LogP contribution >= 0.6 is 0 Å². The highest BCUT2D eigenvalue weighted by molar-refractivity contribution is 5.27. The van der Waals surface area contributed by atoms with Gasteiger partial charge in [-0.3, -0.25) is 9.98 Å². The number of hydrogen-bond donors (Lipinski definition) is 0. The molecule has 3 rings (SSSR count). The molecule has 0 fully saturated rings. The number of pyridine rings is 1. The summed E-state index contributed by atoms with van der Waals surface area (Å²) in [4.78, 5) is 10.8. The zero-order valence-electron chi connectivity index (χ0n) is 10.6. The van der Waals surface area contributed by atoms with Gasteiger partial charge in [0, 0.05) is 23.8 Å². The van der Waals surface area contributed by atoms with E-state index in [0.29, 0.717) is 6.67 Å². The van der Waals surface area contributed by atoms with Crippen LogP contribution in [0.1, 0.15) is 18.5 Å². The second-order valence-corrected chi connectivity index (χ2v) is 4.60. The zero-order chi connectivity index (χ0) is 13.2. The Morgan fingerprint density at radius 3 is 2.79 bits per heavy atom. The van der Waals surface area contributed by atoms with E-state index in [1.807, 2.05) is 24.4 Å². The number of rotatable bonds is 2. The zero-order valence-corrected chi connectivity index (χ0v) is 10.6. The molecule has 4 heteroatoms. The van der Waals surface area contributed by atoms with Gasteiger partial charge in [-0.15, -0.1) is 0 Å². The third kappa shape index (κ3) is 2.34. The van der Waals surface area contributed by atoms with Crippen LogP contribution in [0.15, 0.2) is 47.7 Å². The van der Waals surface area contributed by atoms with Crippen molar-refractivity contribution in [1.82, 2.24) is 9.88 Å². The van der Waals surface area contributed by atoms with Crippen LogP contribution < -0.4 is 10.6 Å². The largest absolute Gasteiger partial charge is 0.351 e. The van der Waals surface area contributed by atoms with E-state index in [-0.39, 0.29) is 11.9 Å². The van der Waals surface area contributed by atoms with Crippen molar-refractivity contribution in [2.75, 3.05) is 6.67 Å². The first kappa shape index (κ1) is 11.8. The van der Waals surface area contributed by atoms with E-state index >= 15 is 0 Å². The van der Waals surface area contributed by atoms with Gasteiger partial charge >= 0.3 is 0 Å².